The number of pyridine rings is 2. The predicted octanol–water partition coefficient (Wildman–Crippen LogP) is 13.1. The van der Waals surface area contributed by atoms with Crippen LogP contribution in [0.1, 0.15) is 5.56 Å². The van der Waals surface area contributed by atoms with Gasteiger partial charge in [0, 0.05) is 33.1 Å². The molecule has 0 saturated carbocycles. The summed E-state index contributed by atoms with van der Waals surface area (Å²) in [5.41, 5.74) is 9.34. The number of rotatable bonds is 3. The van der Waals surface area contributed by atoms with E-state index in [-0.39, 0.29) is 0 Å². The molecule has 4 heteroatoms. The maximum absolute atomic E-state index is 10.3. The van der Waals surface area contributed by atoms with Gasteiger partial charge in [0.05, 0.1) is 33.7 Å². The molecule has 0 spiro atoms. The molecule has 9 aromatic carbocycles. The number of hydrogen-bond donors (Lipinski definition) is 0. The van der Waals surface area contributed by atoms with Crippen LogP contribution in [0.3, 0.4) is 0 Å². The molecule has 4 nitrogen and oxygen atoms in total. The van der Waals surface area contributed by atoms with Gasteiger partial charge in [-0.25, -0.2) is 4.98 Å². The van der Waals surface area contributed by atoms with Crippen LogP contribution >= 0.6 is 0 Å². The molecule has 252 valence electrons. The average molecular weight is 697 g/mol. The van der Waals surface area contributed by atoms with E-state index in [2.05, 4.69) is 162 Å². The summed E-state index contributed by atoms with van der Waals surface area (Å²) in [6, 6.07) is 60.9. The van der Waals surface area contributed by atoms with E-state index in [0.29, 0.717) is 5.56 Å². The van der Waals surface area contributed by atoms with Gasteiger partial charge in [-0.05, 0) is 96.4 Å². The van der Waals surface area contributed by atoms with Crippen molar-refractivity contribution in [3.63, 3.8) is 0 Å². The molecular weight excluding hydrogens is 669 g/mol. The number of fused-ring (bicyclic) bond motifs is 6. The zero-order chi connectivity index (χ0) is 36.2. The van der Waals surface area contributed by atoms with Crippen molar-refractivity contribution in [1.29, 1.82) is 5.26 Å². The predicted molar refractivity (Wildman–Crippen MR) is 228 cm³/mol. The summed E-state index contributed by atoms with van der Waals surface area (Å²) in [5.74, 6) is 0.817. The maximum Gasteiger partial charge on any atom is 0.138 e. The highest BCUT2D eigenvalue weighted by Gasteiger charge is 2.24. The van der Waals surface area contributed by atoms with Crippen molar-refractivity contribution in [2.45, 2.75) is 0 Å². The average Bonchev–Trinajstić information content (AvgIpc) is 3.59. The normalized spacial score (nSPS) is 12.0. The second-order valence-electron chi connectivity index (χ2n) is 14.4. The summed E-state index contributed by atoms with van der Waals surface area (Å²) >= 11 is 0. The lowest BCUT2D eigenvalue weighted by atomic mass is 9.83. The van der Waals surface area contributed by atoms with E-state index in [0.717, 1.165) is 65.8 Å². The Morgan fingerprint density at radius 1 is 0.418 bits per heavy atom. The first-order valence-electron chi connectivity index (χ1n) is 18.6. The molecule has 55 heavy (non-hydrogen) atoms. The van der Waals surface area contributed by atoms with Gasteiger partial charge >= 0.3 is 0 Å². The number of nitrogens with zero attached hydrogens (tertiary/aromatic N) is 4. The molecule has 0 N–H and O–H groups in total. The first-order chi connectivity index (χ1) is 27.3. The van der Waals surface area contributed by atoms with Gasteiger partial charge in [0.1, 0.15) is 5.82 Å². The Bertz CT molecular complexity index is 3560. The highest BCUT2D eigenvalue weighted by molar-refractivity contribution is 6.31. The largest absolute Gasteiger partial charge is 0.294 e. The summed E-state index contributed by atoms with van der Waals surface area (Å²) in [6.45, 7) is 0. The number of benzene rings is 9. The van der Waals surface area contributed by atoms with Crippen molar-refractivity contribution in [1.82, 2.24) is 14.5 Å². The van der Waals surface area contributed by atoms with Crippen LogP contribution in [0.25, 0.3) is 115 Å². The third-order valence-corrected chi connectivity index (χ3v) is 11.6. The molecule has 0 aliphatic rings. The molecule has 0 saturated heterocycles. The van der Waals surface area contributed by atoms with Gasteiger partial charge in [-0.15, -0.1) is 0 Å². The molecule has 0 radical (unpaired) electrons. The van der Waals surface area contributed by atoms with Crippen molar-refractivity contribution in [3.05, 3.63) is 176 Å². The Kier molecular flexibility index (Phi) is 6.09. The van der Waals surface area contributed by atoms with Gasteiger partial charge in [-0.2, -0.15) is 5.26 Å². The van der Waals surface area contributed by atoms with Crippen LogP contribution in [0.4, 0.5) is 0 Å². The monoisotopic (exact) mass is 696 g/mol. The molecule has 3 aromatic heterocycles. The second kappa shape index (κ2) is 11.2. The van der Waals surface area contributed by atoms with Crippen LogP contribution in [0.15, 0.2) is 170 Å². The molecule has 0 bridgehead atoms. The molecule has 0 unspecified atom stereocenters. The van der Waals surface area contributed by atoms with Gasteiger partial charge in [0.25, 0.3) is 0 Å². The van der Waals surface area contributed by atoms with E-state index in [4.69, 9.17) is 9.97 Å². The van der Waals surface area contributed by atoms with E-state index in [1.807, 2.05) is 18.3 Å². The van der Waals surface area contributed by atoms with Crippen LogP contribution in [0, 0.1) is 11.3 Å². The SMILES string of the molecule is N#Cc1ccc2c3c1ccc1c(-c4c5ccccc5c(-c5cccc6ccccc56)c5ccccc45)ccc(c13)n2-c1ccc2ccc3cccnc3c2n1. The summed E-state index contributed by atoms with van der Waals surface area (Å²) in [4.78, 5) is 10.0. The Morgan fingerprint density at radius 2 is 0.982 bits per heavy atom. The number of hydrogen-bond acceptors (Lipinski definition) is 3. The molecule has 12 aromatic rings. The first-order valence-corrected chi connectivity index (χ1v) is 18.6. The maximum atomic E-state index is 10.3. The molecule has 0 atom stereocenters. The minimum absolute atomic E-state index is 0.663. The molecule has 0 aliphatic heterocycles. The van der Waals surface area contributed by atoms with Gasteiger partial charge in [0.2, 0.25) is 0 Å². The zero-order valence-electron chi connectivity index (χ0n) is 29.5. The fourth-order valence-electron chi connectivity index (χ4n) is 9.31. The third-order valence-electron chi connectivity index (χ3n) is 11.6. The summed E-state index contributed by atoms with van der Waals surface area (Å²) in [6.07, 6.45) is 1.83. The fraction of sp³-hybridized carbons (Fsp3) is 0. The Labute approximate surface area is 315 Å². The number of nitriles is 1. The molecule has 0 amide bonds. The van der Waals surface area contributed by atoms with E-state index in [9.17, 15) is 5.26 Å². The lowest BCUT2D eigenvalue weighted by Gasteiger charge is -2.20. The van der Waals surface area contributed by atoms with E-state index >= 15 is 0 Å². The minimum Gasteiger partial charge on any atom is -0.294 e. The topological polar surface area (TPSA) is 54.5 Å². The lowest BCUT2D eigenvalue weighted by molar-refractivity contribution is 1.10. The standard InChI is InChI=1S/C51H28N4/c52-29-33-20-25-43-48-35(33)22-23-42-41(24-26-44(49(42)48)55(43)45-27-21-32-19-18-31-11-8-28-53-50(31)51(32)54-45)47-39-15-5-3-13-37(39)46(38-14-4-6-16-40(38)47)36-17-7-10-30-9-1-2-12-34(30)36/h1-28H. The molecule has 0 aliphatic carbocycles. The van der Waals surface area contributed by atoms with Crippen molar-refractivity contribution in [2.75, 3.05) is 0 Å². The van der Waals surface area contributed by atoms with Crippen LogP contribution in [0.2, 0.25) is 0 Å². The van der Waals surface area contributed by atoms with Crippen LogP contribution < -0.4 is 0 Å². The van der Waals surface area contributed by atoms with Crippen LogP contribution in [0.5, 0.6) is 0 Å². The lowest BCUT2D eigenvalue weighted by Crippen LogP contribution is -1.98. The Hall–Kier alpha value is -7.61. The molecule has 3 heterocycles. The summed E-state index contributed by atoms with van der Waals surface area (Å²) in [5, 5.41) is 24.0. The van der Waals surface area contributed by atoms with Crippen molar-refractivity contribution < 1.29 is 0 Å². The molecule has 12 rings (SSSR count). The van der Waals surface area contributed by atoms with Gasteiger partial charge in [-0.3, -0.25) is 9.55 Å². The third kappa shape index (κ3) is 4.10. The highest BCUT2D eigenvalue weighted by Crippen LogP contribution is 2.49. The zero-order valence-corrected chi connectivity index (χ0v) is 29.5. The minimum atomic E-state index is 0.663. The summed E-state index contributed by atoms with van der Waals surface area (Å²) in [7, 11) is 0. The van der Waals surface area contributed by atoms with E-state index in [1.165, 1.54) is 49.0 Å². The first kappa shape index (κ1) is 29.9. The van der Waals surface area contributed by atoms with E-state index in [1.54, 1.807) is 0 Å². The highest BCUT2D eigenvalue weighted by atomic mass is 15.1. The van der Waals surface area contributed by atoms with Gasteiger partial charge in [-0.1, -0.05) is 127 Å². The van der Waals surface area contributed by atoms with Crippen LogP contribution in [-0.4, -0.2) is 14.5 Å². The van der Waals surface area contributed by atoms with E-state index < -0.39 is 0 Å². The molecule has 0 fully saturated rings. The fourth-order valence-corrected chi connectivity index (χ4v) is 9.31. The van der Waals surface area contributed by atoms with Crippen molar-refractivity contribution in [2.24, 2.45) is 0 Å². The van der Waals surface area contributed by atoms with Crippen LogP contribution in [-0.2, 0) is 0 Å². The summed E-state index contributed by atoms with van der Waals surface area (Å²) < 4.78 is 2.26. The quantitative estimate of drug-likeness (QED) is 0.136. The van der Waals surface area contributed by atoms with Gasteiger partial charge in [0.15, 0.2) is 0 Å². The van der Waals surface area contributed by atoms with Gasteiger partial charge < -0.3 is 0 Å². The van der Waals surface area contributed by atoms with Crippen molar-refractivity contribution >= 4 is 86.7 Å². The number of aromatic nitrogens is 3. The Morgan fingerprint density at radius 3 is 1.71 bits per heavy atom. The smallest absolute Gasteiger partial charge is 0.138 e. The Balaban J connectivity index is 1.20. The second-order valence-corrected chi connectivity index (χ2v) is 14.4. The molecular formula is C51H28N4. The van der Waals surface area contributed by atoms with Crippen molar-refractivity contribution in [3.8, 4) is 34.1 Å².